The average Bonchev–Trinajstić information content (AvgIpc) is 3.37. The summed E-state index contributed by atoms with van der Waals surface area (Å²) in [7, 11) is 0. The number of aromatic hydroxyl groups is 1. The molecule has 26 heavy (non-hydrogen) atoms. The Morgan fingerprint density at radius 3 is 2.58 bits per heavy atom. The SMILES string of the molecule is O=C1CC[C@H](CC(c2ccc(O)c(Cl)c2)c2ccc(C3CC3)c(=O)[nH]2)N1. The molecule has 2 heterocycles. The molecule has 2 aliphatic rings. The Bertz CT molecular complexity index is 904. The van der Waals surface area contributed by atoms with Gasteiger partial charge in [-0.2, -0.15) is 0 Å². The summed E-state index contributed by atoms with van der Waals surface area (Å²) < 4.78 is 0. The highest BCUT2D eigenvalue weighted by atomic mass is 35.5. The number of hydrogen-bond donors (Lipinski definition) is 3. The maximum atomic E-state index is 12.5. The average molecular weight is 373 g/mol. The molecule has 1 saturated heterocycles. The van der Waals surface area contributed by atoms with Gasteiger partial charge in [0, 0.05) is 29.6 Å². The number of rotatable bonds is 5. The molecule has 1 saturated carbocycles. The molecule has 3 N–H and O–H groups in total. The maximum absolute atomic E-state index is 12.5. The minimum Gasteiger partial charge on any atom is -0.506 e. The lowest BCUT2D eigenvalue weighted by molar-refractivity contribution is -0.119. The van der Waals surface area contributed by atoms with Crippen LogP contribution in [0.4, 0.5) is 0 Å². The van der Waals surface area contributed by atoms with Gasteiger partial charge in [-0.05, 0) is 55.4 Å². The van der Waals surface area contributed by atoms with E-state index in [1.807, 2.05) is 18.2 Å². The van der Waals surface area contributed by atoms with Gasteiger partial charge < -0.3 is 15.4 Å². The van der Waals surface area contributed by atoms with Crippen molar-refractivity contribution < 1.29 is 9.90 Å². The minimum absolute atomic E-state index is 0.0286. The molecule has 0 spiro atoms. The monoisotopic (exact) mass is 372 g/mol. The van der Waals surface area contributed by atoms with Gasteiger partial charge in [0.15, 0.2) is 0 Å². The zero-order valence-electron chi connectivity index (χ0n) is 14.3. The van der Waals surface area contributed by atoms with Gasteiger partial charge in [0.1, 0.15) is 5.75 Å². The number of aromatic nitrogens is 1. The first-order valence-corrected chi connectivity index (χ1v) is 9.40. The molecule has 1 amide bonds. The molecule has 2 fully saturated rings. The van der Waals surface area contributed by atoms with Crippen LogP contribution in [-0.4, -0.2) is 22.0 Å². The highest BCUT2D eigenvalue weighted by Crippen LogP contribution is 2.39. The molecule has 1 aliphatic heterocycles. The number of phenols is 1. The molecule has 1 aliphatic carbocycles. The number of carbonyl (C=O) groups is 1. The van der Waals surface area contributed by atoms with Crippen LogP contribution in [0.3, 0.4) is 0 Å². The second-order valence-corrected chi connectivity index (χ2v) is 7.68. The van der Waals surface area contributed by atoms with E-state index >= 15 is 0 Å². The number of H-pyrrole nitrogens is 1. The molecule has 136 valence electrons. The summed E-state index contributed by atoms with van der Waals surface area (Å²) in [6.45, 7) is 0. The Balaban J connectivity index is 1.69. The number of nitrogens with one attached hydrogen (secondary N) is 2. The quantitative estimate of drug-likeness (QED) is 0.752. The Kier molecular flexibility index (Phi) is 4.49. The first-order valence-electron chi connectivity index (χ1n) is 9.02. The first kappa shape index (κ1) is 17.2. The molecule has 1 aromatic heterocycles. The lowest BCUT2D eigenvalue weighted by Crippen LogP contribution is -2.28. The normalized spacial score (nSPS) is 20.8. The van der Waals surface area contributed by atoms with Crippen LogP contribution in [0.15, 0.2) is 35.1 Å². The Labute approximate surface area is 156 Å². The third-order valence-corrected chi connectivity index (χ3v) is 5.64. The van der Waals surface area contributed by atoms with Gasteiger partial charge >= 0.3 is 0 Å². The zero-order valence-corrected chi connectivity index (χ0v) is 15.1. The topological polar surface area (TPSA) is 82.2 Å². The lowest BCUT2D eigenvalue weighted by atomic mass is 9.88. The van der Waals surface area contributed by atoms with E-state index in [4.69, 9.17) is 11.6 Å². The molecule has 4 rings (SSSR count). The number of aromatic amines is 1. The fraction of sp³-hybridized carbons (Fsp3) is 0.400. The van der Waals surface area contributed by atoms with E-state index in [-0.39, 0.29) is 34.2 Å². The molecule has 6 heteroatoms. The number of amides is 1. The Hall–Kier alpha value is -2.27. The van der Waals surface area contributed by atoms with Crippen LogP contribution in [0.25, 0.3) is 0 Å². The van der Waals surface area contributed by atoms with Gasteiger partial charge in [-0.15, -0.1) is 0 Å². The molecule has 5 nitrogen and oxygen atoms in total. The number of hydrogen-bond acceptors (Lipinski definition) is 3. The van der Waals surface area contributed by atoms with Crippen molar-refractivity contribution in [3.05, 3.63) is 62.5 Å². The standard InChI is InChI=1S/C20H21ClN2O3/c21-16-9-12(3-7-18(16)24)15(10-13-4-8-19(25)22-13)17-6-5-14(11-1-2-11)20(26)23-17/h3,5-7,9,11,13,15,24H,1-2,4,8,10H2,(H,22,25)(H,23,26)/t13-,15?/m1/s1. The van der Waals surface area contributed by atoms with Crippen LogP contribution in [0, 0.1) is 0 Å². The van der Waals surface area contributed by atoms with Gasteiger partial charge in [0.05, 0.1) is 5.02 Å². The molecule has 1 aromatic carbocycles. The first-order chi connectivity index (χ1) is 12.5. The van der Waals surface area contributed by atoms with Gasteiger partial charge in [-0.3, -0.25) is 9.59 Å². The van der Waals surface area contributed by atoms with Crippen LogP contribution in [0.2, 0.25) is 5.02 Å². The predicted molar refractivity (Wildman–Crippen MR) is 99.8 cm³/mol. The summed E-state index contributed by atoms with van der Waals surface area (Å²) in [4.78, 5) is 27.1. The molecular formula is C20H21ClN2O3. The van der Waals surface area contributed by atoms with Crippen LogP contribution in [-0.2, 0) is 4.79 Å². The number of carbonyl (C=O) groups excluding carboxylic acids is 1. The number of phenolic OH excluding ortho intramolecular Hbond substituents is 1. The second kappa shape index (κ2) is 6.80. The Morgan fingerprint density at radius 2 is 1.96 bits per heavy atom. The summed E-state index contributed by atoms with van der Waals surface area (Å²) in [5.41, 5.74) is 2.53. The molecule has 2 aromatic rings. The third kappa shape index (κ3) is 3.49. The van der Waals surface area contributed by atoms with Crippen LogP contribution in [0.1, 0.15) is 60.8 Å². The van der Waals surface area contributed by atoms with Gasteiger partial charge in [0.25, 0.3) is 5.56 Å². The van der Waals surface area contributed by atoms with Crippen LogP contribution >= 0.6 is 11.6 Å². The van der Waals surface area contributed by atoms with Crippen LogP contribution in [0.5, 0.6) is 5.75 Å². The molecular weight excluding hydrogens is 352 g/mol. The fourth-order valence-corrected chi connectivity index (χ4v) is 3.93. The van der Waals surface area contributed by atoms with E-state index in [1.165, 1.54) is 0 Å². The van der Waals surface area contributed by atoms with Gasteiger partial charge in [-0.25, -0.2) is 0 Å². The van der Waals surface area contributed by atoms with Crippen molar-refractivity contribution in [2.24, 2.45) is 0 Å². The molecule has 2 atom stereocenters. The van der Waals surface area contributed by atoms with E-state index in [0.717, 1.165) is 36.1 Å². The summed E-state index contributed by atoms with van der Waals surface area (Å²) in [6.07, 6.45) is 4.14. The van der Waals surface area contributed by atoms with Crippen molar-refractivity contribution in [2.45, 2.75) is 50.0 Å². The molecule has 0 bridgehead atoms. The number of halogens is 1. The van der Waals surface area contributed by atoms with Gasteiger partial charge in [0.2, 0.25) is 5.91 Å². The summed E-state index contributed by atoms with van der Waals surface area (Å²) in [5.74, 6) is 0.372. The summed E-state index contributed by atoms with van der Waals surface area (Å²) in [6, 6.07) is 9.06. The maximum Gasteiger partial charge on any atom is 0.251 e. The summed E-state index contributed by atoms with van der Waals surface area (Å²) >= 11 is 6.10. The minimum atomic E-state index is -0.113. The second-order valence-electron chi connectivity index (χ2n) is 7.27. The van der Waals surface area contributed by atoms with Crippen molar-refractivity contribution in [2.75, 3.05) is 0 Å². The van der Waals surface area contributed by atoms with Crippen molar-refractivity contribution in [3.63, 3.8) is 0 Å². The largest absolute Gasteiger partial charge is 0.506 e. The lowest BCUT2D eigenvalue weighted by Gasteiger charge is -2.22. The molecule has 1 unspecified atom stereocenters. The Morgan fingerprint density at radius 1 is 1.15 bits per heavy atom. The highest BCUT2D eigenvalue weighted by molar-refractivity contribution is 6.32. The van der Waals surface area contributed by atoms with E-state index in [0.29, 0.717) is 18.8 Å². The number of pyridine rings is 1. The van der Waals surface area contributed by atoms with Crippen molar-refractivity contribution in [3.8, 4) is 5.75 Å². The predicted octanol–water partition coefficient (Wildman–Crippen LogP) is 3.41. The van der Waals surface area contributed by atoms with E-state index in [9.17, 15) is 14.7 Å². The zero-order chi connectivity index (χ0) is 18.3. The van der Waals surface area contributed by atoms with Crippen LogP contribution < -0.4 is 10.9 Å². The fourth-order valence-electron chi connectivity index (χ4n) is 3.74. The highest BCUT2D eigenvalue weighted by Gasteiger charge is 2.29. The van der Waals surface area contributed by atoms with Crippen molar-refractivity contribution >= 4 is 17.5 Å². The summed E-state index contributed by atoms with van der Waals surface area (Å²) in [5, 5.41) is 13.0. The van der Waals surface area contributed by atoms with Gasteiger partial charge in [-0.1, -0.05) is 23.7 Å². The van der Waals surface area contributed by atoms with Crippen molar-refractivity contribution in [1.82, 2.24) is 10.3 Å². The molecule has 0 radical (unpaired) electrons. The van der Waals surface area contributed by atoms with Crippen molar-refractivity contribution in [1.29, 1.82) is 0 Å². The number of benzene rings is 1. The van der Waals surface area contributed by atoms with E-state index < -0.39 is 0 Å². The van der Waals surface area contributed by atoms with E-state index in [2.05, 4.69) is 10.3 Å². The smallest absolute Gasteiger partial charge is 0.251 e. The third-order valence-electron chi connectivity index (χ3n) is 5.33. The van der Waals surface area contributed by atoms with E-state index in [1.54, 1.807) is 12.1 Å².